The van der Waals surface area contributed by atoms with Crippen LogP contribution in [-0.4, -0.2) is 62.0 Å². The number of H-pyrrole nitrogens is 4. The molecule has 0 bridgehead atoms. The van der Waals surface area contributed by atoms with Crippen molar-refractivity contribution >= 4 is 79.2 Å². The van der Waals surface area contributed by atoms with Crippen LogP contribution >= 0.6 is 24.0 Å². The first kappa shape index (κ1) is 43.7. The quantitative estimate of drug-likeness (QED) is 0.0469. The second-order valence-corrected chi connectivity index (χ2v) is 15.2. The van der Waals surface area contributed by atoms with E-state index in [0.29, 0.717) is 22.7 Å². The van der Waals surface area contributed by atoms with Gasteiger partial charge in [0, 0.05) is 6.54 Å². The summed E-state index contributed by atoms with van der Waals surface area (Å²) in [5, 5.41) is 3.52. The number of hydrogen-bond acceptors (Lipinski definition) is 8. The standard InChI is InChI=1S/C27H26FN5O.C20H20FN5O.HI/c1-33(16-18-7-3-2-4-8-18)14-6-9-17-12-13-20-22(15-17)31-26(30-20)24-25(29)23-19(28)10-5-11-21(23)32-27(24)34;1-23-9-3-4-11-7-8-13-15(10-11)25-19(24-13)17-18(22)16-12(21)5-2-6-14(16)26-20(17)27;/h2-5,7-8,10-13,15H,6,9,14,16H2,1H3,(H,30,31)(H3,29,32,34);2,5-8,10,23H,3-4,9H2,1H3,(H,24,25)(H3,22,26,27);1H. The first-order valence-corrected chi connectivity index (χ1v) is 20.1. The van der Waals surface area contributed by atoms with Crippen LogP contribution in [0.25, 0.3) is 66.6 Å². The SMILES string of the molecule is CN(CCCc1ccc2nc(-c3c(N)c4c(F)cccc4[nH]c3=O)[nH]c2c1)Cc1ccccc1.CNCCCc1ccc2nc(-c3c(N)c4c(F)cccc4[nH]c3=O)[nH]c2c1.I. The summed E-state index contributed by atoms with van der Waals surface area (Å²) in [5.74, 6) is -0.298. The summed E-state index contributed by atoms with van der Waals surface area (Å²) in [6.45, 7) is 2.85. The molecule has 9 rings (SSSR count). The van der Waals surface area contributed by atoms with Gasteiger partial charge in [-0.3, -0.25) is 9.59 Å². The molecule has 0 saturated heterocycles. The zero-order chi connectivity index (χ0) is 42.6. The van der Waals surface area contributed by atoms with E-state index >= 15 is 0 Å². The van der Waals surface area contributed by atoms with E-state index in [-0.39, 0.29) is 57.3 Å². The van der Waals surface area contributed by atoms with Gasteiger partial charge in [0.1, 0.15) is 34.4 Å². The molecule has 0 saturated carbocycles. The number of nitrogen functional groups attached to an aromatic ring is 2. The van der Waals surface area contributed by atoms with Gasteiger partial charge in [0.25, 0.3) is 11.1 Å². The molecule has 0 atom stereocenters. The monoisotopic (exact) mass is 948 g/mol. The Bertz CT molecular complexity index is 3140. The number of nitrogens with zero attached hydrogens (tertiary/aromatic N) is 3. The summed E-state index contributed by atoms with van der Waals surface area (Å²) >= 11 is 0. The van der Waals surface area contributed by atoms with Crippen LogP contribution in [0.1, 0.15) is 29.5 Å². The van der Waals surface area contributed by atoms with Crippen LogP contribution in [0.15, 0.2) is 113 Å². The molecule has 0 aliphatic heterocycles. The van der Waals surface area contributed by atoms with Gasteiger partial charge in [-0.2, -0.15) is 0 Å². The van der Waals surface area contributed by atoms with Crippen molar-refractivity contribution in [3.8, 4) is 22.8 Å². The molecule has 0 spiro atoms. The van der Waals surface area contributed by atoms with Crippen molar-refractivity contribution in [2.24, 2.45) is 0 Å². The number of nitrogens with two attached hydrogens (primary N) is 2. The smallest absolute Gasteiger partial charge is 0.261 e. The summed E-state index contributed by atoms with van der Waals surface area (Å²) in [5.41, 5.74) is 19.5. The lowest BCUT2D eigenvalue weighted by Gasteiger charge is -2.16. The topological polar surface area (TPSA) is 190 Å². The molecule has 0 unspecified atom stereocenters. The number of aromatic amines is 4. The van der Waals surface area contributed by atoms with E-state index in [9.17, 15) is 18.4 Å². The summed E-state index contributed by atoms with van der Waals surface area (Å²) in [4.78, 5) is 48.4. The normalized spacial score (nSPS) is 11.4. The predicted molar refractivity (Wildman–Crippen MR) is 257 cm³/mol. The van der Waals surface area contributed by atoms with Gasteiger partial charge in [-0.15, -0.1) is 24.0 Å². The fraction of sp³-hybridized carbons (Fsp3) is 0.191. The van der Waals surface area contributed by atoms with Gasteiger partial charge < -0.3 is 41.6 Å². The van der Waals surface area contributed by atoms with E-state index in [2.05, 4.69) is 83.6 Å². The van der Waals surface area contributed by atoms with Crippen molar-refractivity contribution in [2.75, 3.05) is 38.7 Å². The van der Waals surface area contributed by atoms with Crippen molar-refractivity contribution in [3.63, 3.8) is 0 Å². The Labute approximate surface area is 372 Å². The highest BCUT2D eigenvalue weighted by atomic mass is 127. The van der Waals surface area contributed by atoms with Crippen LogP contribution in [0.3, 0.4) is 0 Å². The largest absolute Gasteiger partial charge is 0.397 e. The van der Waals surface area contributed by atoms with Gasteiger partial charge >= 0.3 is 0 Å². The second kappa shape index (κ2) is 19.1. The summed E-state index contributed by atoms with van der Waals surface area (Å²) in [6.07, 6.45) is 3.91. The maximum Gasteiger partial charge on any atom is 0.261 e. The van der Waals surface area contributed by atoms with E-state index < -0.39 is 22.8 Å². The summed E-state index contributed by atoms with van der Waals surface area (Å²) < 4.78 is 28.6. The van der Waals surface area contributed by atoms with Gasteiger partial charge in [-0.05, 0) is 118 Å². The lowest BCUT2D eigenvalue weighted by Crippen LogP contribution is -2.19. The average molecular weight is 949 g/mol. The highest BCUT2D eigenvalue weighted by Gasteiger charge is 2.20. The molecular formula is C47H47F2IN10O2. The molecular weight excluding hydrogens is 901 g/mol. The van der Waals surface area contributed by atoms with E-state index in [1.165, 1.54) is 41.0 Å². The minimum Gasteiger partial charge on any atom is -0.397 e. The number of nitrogens with one attached hydrogen (secondary N) is 5. The predicted octanol–water partition coefficient (Wildman–Crippen LogP) is 8.42. The third-order valence-electron chi connectivity index (χ3n) is 10.8. The molecule has 0 amide bonds. The maximum absolute atomic E-state index is 14.4. The highest BCUT2D eigenvalue weighted by molar-refractivity contribution is 14.0. The van der Waals surface area contributed by atoms with Crippen LogP contribution in [0, 0.1) is 11.6 Å². The van der Waals surface area contributed by atoms with Crippen LogP contribution in [0.2, 0.25) is 0 Å². The molecule has 4 aromatic heterocycles. The zero-order valence-corrected chi connectivity index (χ0v) is 36.6. The Morgan fingerprint density at radius 3 is 1.61 bits per heavy atom. The summed E-state index contributed by atoms with van der Waals surface area (Å²) in [7, 11) is 4.06. The minimum atomic E-state index is -0.483. The Hall–Kier alpha value is -6.43. The number of fused-ring (bicyclic) bond motifs is 4. The molecule has 0 radical (unpaired) electrons. The number of benzene rings is 5. The number of aromatic nitrogens is 6. The molecule has 15 heteroatoms. The third kappa shape index (κ3) is 9.24. The molecule has 0 aliphatic carbocycles. The van der Waals surface area contributed by atoms with Gasteiger partial charge in [0.2, 0.25) is 0 Å². The van der Waals surface area contributed by atoms with Crippen molar-refractivity contribution in [3.05, 3.63) is 152 Å². The fourth-order valence-electron chi connectivity index (χ4n) is 7.80. The first-order chi connectivity index (χ1) is 29.6. The van der Waals surface area contributed by atoms with Crippen molar-refractivity contribution in [1.82, 2.24) is 40.1 Å². The van der Waals surface area contributed by atoms with Crippen molar-refractivity contribution < 1.29 is 8.78 Å². The molecule has 12 nitrogen and oxygen atoms in total. The maximum atomic E-state index is 14.4. The van der Waals surface area contributed by atoms with Gasteiger partial charge in [-0.25, -0.2) is 18.7 Å². The number of rotatable bonds is 12. The molecule has 9 aromatic rings. The molecule has 0 aliphatic rings. The Balaban J connectivity index is 0.000000188. The molecule has 5 aromatic carbocycles. The van der Waals surface area contributed by atoms with E-state index in [1.54, 1.807) is 12.1 Å². The van der Waals surface area contributed by atoms with Crippen LogP contribution in [-0.2, 0) is 19.4 Å². The van der Waals surface area contributed by atoms with Gasteiger partial charge in [0.15, 0.2) is 0 Å². The number of halogens is 3. The first-order valence-electron chi connectivity index (χ1n) is 20.1. The Morgan fingerprint density at radius 1 is 0.613 bits per heavy atom. The lowest BCUT2D eigenvalue weighted by atomic mass is 10.1. The number of pyridine rings is 2. The number of hydrogen-bond donors (Lipinski definition) is 7. The zero-order valence-electron chi connectivity index (χ0n) is 34.2. The van der Waals surface area contributed by atoms with Gasteiger partial charge in [-0.1, -0.05) is 54.6 Å². The minimum absolute atomic E-state index is 0. The van der Waals surface area contributed by atoms with Crippen LogP contribution in [0.4, 0.5) is 20.2 Å². The molecule has 9 N–H and O–H groups in total. The third-order valence-corrected chi connectivity index (χ3v) is 10.8. The molecule has 4 heterocycles. The van der Waals surface area contributed by atoms with Crippen molar-refractivity contribution in [2.45, 2.75) is 32.2 Å². The molecule has 62 heavy (non-hydrogen) atoms. The Kier molecular flexibility index (Phi) is 13.4. The lowest BCUT2D eigenvalue weighted by molar-refractivity contribution is 0.322. The second-order valence-electron chi connectivity index (χ2n) is 15.2. The molecule has 0 fully saturated rings. The average Bonchev–Trinajstić information content (AvgIpc) is 3.85. The number of imidazole rings is 2. The fourth-order valence-corrected chi connectivity index (χ4v) is 7.80. The van der Waals surface area contributed by atoms with Crippen molar-refractivity contribution in [1.29, 1.82) is 0 Å². The van der Waals surface area contributed by atoms with Crippen LogP contribution in [0.5, 0.6) is 0 Å². The summed E-state index contributed by atoms with van der Waals surface area (Å²) in [6, 6.07) is 31.4. The number of anilines is 2. The van der Waals surface area contributed by atoms with E-state index in [4.69, 9.17) is 11.5 Å². The van der Waals surface area contributed by atoms with Gasteiger partial charge in [0.05, 0.1) is 55.2 Å². The number of aryl methyl sites for hydroxylation is 2. The Morgan fingerprint density at radius 2 is 1.11 bits per heavy atom. The van der Waals surface area contributed by atoms with E-state index in [0.717, 1.165) is 67.4 Å². The molecule has 318 valence electrons. The van der Waals surface area contributed by atoms with Crippen LogP contribution < -0.4 is 27.9 Å². The van der Waals surface area contributed by atoms with E-state index in [1.807, 2.05) is 37.4 Å². The highest BCUT2D eigenvalue weighted by Crippen LogP contribution is 2.32.